The minimum atomic E-state index is 0.514. The van der Waals surface area contributed by atoms with Gasteiger partial charge in [-0.25, -0.2) is 0 Å². The Balaban J connectivity index is 1.67. The van der Waals surface area contributed by atoms with Crippen molar-refractivity contribution in [1.82, 2.24) is 5.32 Å². The van der Waals surface area contributed by atoms with Crippen molar-refractivity contribution >= 4 is 17.7 Å². The summed E-state index contributed by atoms with van der Waals surface area (Å²) in [4.78, 5) is 0. The SMILES string of the molecule is CC(CCc1ccccc1)NC/C=C/c1ccc(Cl)cc1. The van der Waals surface area contributed by atoms with Crippen LogP contribution in [0.3, 0.4) is 0 Å². The lowest BCUT2D eigenvalue weighted by Gasteiger charge is -2.12. The summed E-state index contributed by atoms with van der Waals surface area (Å²) in [5.41, 5.74) is 2.58. The van der Waals surface area contributed by atoms with Gasteiger partial charge in [-0.1, -0.05) is 66.2 Å². The van der Waals surface area contributed by atoms with Gasteiger partial charge in [-0.05, 0) is 43.0 Å². The highest BCUT2D eigenvalue weighted by molar-refractivity contribution is 6.30. The molecule has 0 aliphatic carbocycles. The summed E-state index contributed by atoms with van der Waals surface area (Å²) in [5.74, 6) is 0. The van der Waals surface area contributed by atoms with E-state index in [2.05, 4.69) is 54.7 Å². The van der Waals surface area contributed by atoms with Gasteiger partial charge in [0.15, 0.2) is 0 Å². The van der Waals surface area contributed by atoms with Gasteiger partial charge in [0.05, 0.1) is 0 Å². The van der Waals surface area contributed by atoms with E-state index in [1.54, 1.807) is 0 Å². The molecule has 2 aromatic carbocycles. The second kappa shape index (κ2) is 8.66. The number of nitrogens with one attached hydrogen (secondary N) is 1. The Labute approximate surface area is 132 Å². The van der Waals surface area contributed by atoms with E-state index in [0.29, 0.717) is 6.04 Å². The summed E-state index contributed by atoms with van der Waals surface area (Å²) in [7, 11) is 0. The maximum atomic E-state index is 5.86. The van der Waals surface area contributed by atoms with Crippen molar-refractivity contribution in [2.45, 2.75) is 25.8 Å². The quantitative estimate of drug-likeness (QED) is 0.761. The first-order chi connectivity index (χ1) is 10.2. The van der Waals surface area contributed by atoms with Gasteiger partial charge in [0.1, 0.15) is 0 Å². The van der Waals surface area contributed by atoms with E-state index in [4.69, 9.17) is 11.6 Å². The minimum absolute atomic E-state index is 0.514. The van der Waals surface area contributed by atoms with Crippen molar-refractivity contribution in [2.75, 3.05) is 6.54 Å². The second-order valence-electron chi connectivity index (χ2n) is 5.29. The van der Waals surface area contributed by atoms with Gasteiger partial charge < -0.3 is 5.32 Å². The Morgan fingerprint density at radius 2 is 1.76 bits per heavy atom. The molecule has 0 amide bonds. The van der Waals surface area contributed by atoms with Crippen molar-refractivity contribution in [3.63, 3.8) is 0 Å². The van der Waals surface area contributed by atoms with Gasteiger partial charge in [0, 0.05) is 17.6 Å². The van der Waals surface area contributed by atoms with Crippen LogP contribution in [0.15, 0.2) is 60.7 Å². The van der Waals surface area contributed by atoms with E-state index in [1.807, 2.05) is 24.3 Å². The summed E-state index contributed by atoms with van der Waals surface area (Å²) < 4.78 is 0. The number of hydrogen-bond acceptors (Lipinski definition) is 1. The molecule has 1 N–H and O–H groups in total. The summed E-state index contributed by atoms with van der Waals surface area (Å²) in [6.07, 6.45) is 6.55. The van der Waals surface area contributed by atoms with E-state index in [1.165, 1.54) is 11.1 Å². The molecule has 0 aliphatic rings. The van der Waals surface area contributed by atoms with Crippen molar-refractivity contribution < 1.29 is 0 Å². The van der Waals surface area contributed by atoms with Crippen molar-refractivity contribution in [3.05, 3.63) is 76.8 Å². The number of halogens is 1. The monoisotopic (exact) mass is 299 g/mol. The molecule has 0 aliphatic heterocycles. The molecule has 1 unspecified atom stereocenters. The third-order valence-electron chi connectivity index (χ3n) is 3.47. The number of rotatable bonds is 7. The third-order valence-corrected chi connectivity index (χ3v) is 3.73. The zero-order chi connectivity index (χ0) is 14.9. The van der Waals surface area contributed by atoms with E-state index in [-0.39, 0.29) is 0 Å². The maximum absolute atomic E-state index is 5.86. The molecule has 1 nitrogen and oxygen atoms in total. The summed E-state index contributed by atoms with van der Waals surface area (Å²) in [6, 6.07) is 19.0. The van der Waals surface area contributed by atoms with E-state index in [0.717, 1.165) is 24.4 Å². The lowest BCUT2D eigenvalue weighted by molar-refractivity contribution is 0.543. The first-order valence-corrected chi connectivity index (χ1v) is 7.81. The molecule has 0 aromatic heterocycles. The summed E-state index contributed by atoms with van der Waals surface area (Å²) in [6.45, 7) is 3.12. The van der Waals surface area contributed by atoms with E-state index >= 15 is 0 Å². The molecule has 110 valence electrons. The van der Waals surface area contributed by atoms with Crippen LogP contribution in [0.5, 0.6) is 0 Å². The van der Waals surface area contributed by atoms with Crippen LogP contribution < -0.4 is 5.32 Å². The molecular formula is C19H22ClN. The predicted molar refractivity (Wildman–Crippen MR) is 92.7 cm³/mol. The van der Waals surface area contributed by atoms with Gasteiger partial charge in [-0.3, -0.25) is 0 Å². The van der Waals surface area contributed by atoms with Crippen molar-refractivity contribution in [1.29, 1.82) is 0 Å². The normalized spacial score (nSPS) is 12.7. The zero-order valence-corrected chi connectivity index (χ0v) is 13.2. The minimum Gasteiger partial charge on any atom is -0.311 e. The first-order valence-electron chi connectivity index (χ1n) is 7.43. The molecule has 2 rings (SSSR count). The van der Waals surface area contributed by atoms with Gasteiger partial charge >= 0.3 is 0 Å². The highest BCUT2D eigenvalue weighted by Gasteiger charge is 2.00. The second-order valence-corrected chi connectivity index (χ2v) is 5.72. The van der Waals surface area contributed by atoms with Gasteiger partial charge in [-0.2, -0.15) is 0 Å². The predicted octanol–water partition coefficient (Wildman–Crippen LogP) is 4.96. The lowest BCUT2D eigenvalue weighted by atomic mass is 10.1. The van der Waals surface area contributed by atoms with Crippen LogP contribution in [0.25, 0.3) is 6.08 Å². The fourth-order valence-corrected chi connectivity index (χ4v) is 2.29. The smallest absolute Gasteiger partial charge is 0.0406 e. The molecule has 21 heavy (non-hydrogen) atoms. The Morgan fingerprint density at radius 1 is 1.05 bits per heavy atom. The molecule has 0 fully saturated rings. The maximum Gasteiger partial charge on any atom is 0.0406 e. The summed E-state index contributed by atoms with van der Waals surface area (Å²) >= 11 is 5.86. The molecular weight excluding hydrogens is 278 g/mol. The van der Waals surface area contributed by atoms with Crippen LogP contribution in [0.2, 0.25) is 5.02 Å². The van der Waals surface area contributed by atoms with Crippen molar-refractivity contribution in [2.24, 2.45) is 0 Å². The molecule has 1 atom stereocenters. The molecule has 2 aromatic rings. The van der Waals surface area contributed by atoms with Gasteiger partial charge in [-0.15, -0.1) is 0 Å². The van der Waals surface area contributed by atoms with Crippen LogP contribution in [0.4, 0.5) is 0 Å². The molecule has 0 saturated heterocycles. The first kappa shape index (κ1) is 15.8. The van der Waals surface area contributed by atoms with Crippen molar-refractivity contribution in [3.8, 4) is 0 Å². The molecule has 0 heterocycles. The largest absolute Gasteiger partial charge is 0.311 e. The number of hydrogen-bond donors (Lipinski definition) is 1. The van der Waals surface area contributed by atoms with E-state index < -0.39 is 0 Å². The average Bonchev–Trinajstić information content (AvgIpc) is 2.52. The molecule has 0 spiro atoms. The van der Waals surface area contributed by atoms with Crippen LogP contribution in [0.1, 0.15) is 24.5 Å². The average molecular weight is 300 g/mol. The third kappa shape index (κ3) is 6.16. The molecule has 0 radical (unpaired) electrons. The Hall–Kier alpha value is -1.57. The van der Waals surface area contributed by atoms with Gasteiger partial charge in [0.2, 0.25) is 0 Å². The van der Waals surface area contributed by atoms with Crippen LogP contribution in [-0.2, 0) is 6.42 Å². The van der Waals surface area contributed by atoms with Gasteiger partial charge in [0.25, 0.3) is 0 Å². The van der Waals surface area contributed by atoms with Crippen LogP contribution in [0, 0.1) is 0 Å². The zero-order valence-electron chi connectivity index (χ0n) is 12.4. The molecule has 2 heteroatoms. The fraction of sp³-hybridized carbons (Fsp3) is 0.263. The molecule has 0 bridgehead atoms. The topological polar surface area (TPSA) is 12.0 Å². The standard InChI is InChI=1S/C19H22ClN/c1-16(9-10-17-6-3-2-4-7-17)21-15-5-8-18-11-13-19(20)14-12-18/h2-8,11-14,16,21H,9-10,15H2,1H3/b8-5+. The van der Waals surface area contributed by atoms with E-state index in [9.17, 15) is 0 Å². The van der Waals surface area contributed by atoms with Crippen LogP contribution >= 0.6 is 11.6 Å². The number of benzene rings is 2. The Kier molecular flexibility index (Phi) is 6.52. The summed E-state index contributed by atoms with van der Waals surface area (Å²) in [5, 5.41) is 4.30. The Morgan fingerprint density at radius 3 is 2.48 bits per heavy atom. The highest BCUT2D eigenvalue weighted by Crippen LogP contribution is 2.10. The fourth-order valence-electron chi connectivity index (χ4n) is 2.17. The van der Waals surface area contributed by atoms with Crippen LogP contribution in [-0.4, -0.2) is 12.6 Å². The molecule has 0 saturated carbocycles. The Bertz CT molecular complexity index is 546. The number of aryl methyl sites for hydroxylation is 1. The highest BCUT2D eigenvalue weighted by atomic mass is 35.5. The lowest BCUT2D eigenvalue weighted by Crippen LogP contribution is -2.26.